The van der Waals surface area contributed by atoms with Gasteiger partial charge in [-0.25, -0.2) is 13.2 Å². The molecule has 0 amide bonds. The van der Waals surface area contributed by atoms with E-state index >= 15 is 0 Å². The van der Waals surface area contributed by atoms with Gasteiger partial charge in [-0.3, -0.25) is 0 Å². The van der Waals surface area contributed by atoms with Crippen LogP contribution in [-0.4, -0.2) is 18.9 Å². The summed E-state index contributed by atoms with van der Waals surface area (Å²) in [6.45, 7) is 0. The molecule has 0 N–H and O–H groups in total. The first kappa shape index (κ1) is 18.4. The summed E-state index contributed by atoms with van der Waals surface area (Å²) in [5.41, 5.74) is 0.422. The van der Waals surface area contributed by atoms with Crippen LogP contribution in [-0.2, 0) is 10.1 Å². The lowest BCUT2D eigenvalue weighted by Gasteiger charge is -2.10. The zero-order valence-electron chi connectivity index (χ0n) is 10.5. The van der Waals surface area contributed by atoms with Gasteiger partial charge in [-0.2, -0.15) is 0 Å². The molecule has 5 nitrogen and oxygen atoms in total. The fraction of sp³-hybridized carbons (Fsp3) is 0. The molecule has 0 saturated carbocycles. The van der Waals surface area contributed by atoms with Crippen LogP contribution in [0.3, 0.4) is 0 Å². The van der Waals surface area contributed by atoms with Crippen molar-refractivity contribution >= 4 is 83.9 Å². The fourth-order valence-electron chi connectivity index (χ4n) is 1.52. The van der Waals surface area contributed by atoms with Crippen LogP contribution in [0.25, 0.3) is 0 Å². The Morgan fingerprint density at radius 2 is 1.55 bits per heavy atom. The minimum Gasteiger partial charge on any atom is -0.744 e. The number of hydrogen-bond donors (Lipinski definition) is 0. The van der Waals surface area contributed by atoms with Gasteiger partial charge in [-0.1, -0.05) is 0 Å². The minimum atomic E-state index is -4.51. The van der Waals surface area contributed by atoms with E-state index in [-0.39, 0.29) is 10.6 Å². The molecule has 0 aliphatic carbocycles. The van der Waals surface area contributed by atoms with Crippen molar-refractivity contribution in [3.8, 4) is 5.75 Å². The predicted molar refractivity (Wildman–Crippen MR) is 104 cm³/mol. The summed E-state index contributed by atoms with van der Waals surface area (Å²) < 4.78 is 40.5. The van der Waals surface area contributed by atoms with E-state index in [0.29, 0.717) is 5.56 Å². The van der Waals surface area contributed by atoms with Crippen LogP contribution in [0.15, 0.2) is 41.3 Å². The summed E-state index contributed by atoms with van der Waals surface area (Å²) >= 11 is 6.39. The lowest BCUT2D eigenvalue weighted by molar-refractivity contribution is 0.0733. The average molecular weight is 655 g/mol. The van der Waals surface area contributed by atoms with Gasteiger partial charge in [-0.15, -0.1) is 0 Å². The molecule has 116 valence electrons. The number of rotatable bonds is 3. The van der Waals surface area contributed by atoms with E-state index in [1.807, 2.05) is 6.07 Å². The third-order valence-electron chi connectivity index (χ3n) is 2.58. The number of carbonyl (C=O) groups is 1. The molecular weight excluding hydrogens is 649 g/mol. The molecule has 0 fully saturated rings. The summed E-state index contributed by atoms with van der Waals surface area (Å²) in [4.78, 5) is 11.8. The van der Waals surface area contributed by atoms with E-state index in [0.717, 1.165) is 22.8 Å². The molecule has 0 bridgehead atoms. The third kappa shape index (κ3) is 4.30. The largest absolute Gasteiger partial charge is 0.744 e. The Morgan fingerprint density at radius 1 is 0.955 bits per heavy atom. The zero-order chi connectivity index (χ0) is 16.5. The Hall–Kier alpha value is 0.0100. The Balaban J connectivity index is 2.24. The molecule has 2 aromatic rings. The van der Waals surface area contributed by atoms with Crippen molar-refractivity contribution in [2.24, 2.45) is 0 Å². The van der Waals surface area contributed by atoms with Crippen molar-refractivity contribution in [1.29, 1.82) is 0 Å². The number of carbonyl (C=O) groups excluding carboxylic acids is 1. The van der Waals surface area contributed by atoms with Gasteiger partial charge in [0.25, 0.3) is 0 Å². The Labute approximate surface area is 168 Å². The molecule has 0 unspecified atom stereocenters. The predicted octanol–water partition coefficient (Wildman–Crippen LogP) is 3.62. The maximum absolute atomic E-state index is 12.2. The molecule has 0 radical (unpaired) electrons. The first-order valence-electron chi connectivity index (χ1n) is 5.62. The van der Waals surface area contributed by atoms with Crippen molar-refractivity contribution in [3.63, 3.8) is 0 Å². The molecule has 0 saturated heterocycles. The molecule has 0 atom stereocenters. The van der Waals surface area contributed by atoms with Crippen LogP contribution >= 0.6 is 67.8 Å². The highest BCUT2D eigenvalue weighted by atomic mass is 127. The van der Waals surface area contributed by atoms with E-state index < -0.39 is 16.1 Å². The van der Waals surface area contributed by atoms with E-state index in [2.05, 4.69) is 67.8 Å². The van der Waals surface area contributed by atoms with Gasteiger partial charge in [0.05, 0.1) is 10.5 Å². The Bertz CT molecular complexity index is 831. The molecule has 0 aliphatic rings. The van der Waals surface area contributed by atoms with Gasteiger partial charge in [0.15, 0.2) is 0 Å². The number of halogens is 3. The normalized spacial score (nSPS) is 11.3. The molecule has 2 rings (SSSR count). The quantitative estimate of drug-likeness (QED) is 0.166. The highest BCUT2D eigenvalue weighted by Gasteiger charge is 2.16. The zero-order valence-corrected chi connectivity index (χ0v) is 17.8. The molecule has 0 aromatic heterocycles. The maximum atomic E-state index is 12.2. The van der Waals surface area contributed by atoms with Gasteiger partial charge in [0.2, 0.25) is 0 Å². The Morgan fingerprint density at radius 3 is 2.09 bits per heavy atom. The molecule has 22 heavy (non-hydrogen) atoms. The highest BCUT2D eigenvalue weighted by molar-refractivity contribution is 14.1. The van der Waals surface area contributed by atoms with Crippen LogP contribution in [0.1, 0.15) is 10.4 Å². The SMILES string of the molecule is O=C(Oc1ccc(S(=O)(=O)[O-])cc1)c1ccc(I)c(I)c1I. The van der Waals surface area contributed by atoms with Crippen molar-refractivity contribution < 1.29 is 22.5 Å². The monoisotopic (exact) mass is 655 g/mol. The second-order valence-corrected chi connectivity index (χ2v) is 8.74. The van der Waals surface area contributed by atoms with Gasteiger partial charge in [-0.05, 0) is 104 Å². The topological polar surface area (TPSA) is 83.5 Å². The smallest absolute Gasteiger partial charge is 0.344 e. The van der Waals surface area contributed by atoms with Crippen LogP contribution in [0.5, 0.6) is 5.75 Å². The van der Waals surface area contributed by atoms with Crippen molar-refractivity contribution in [2.45, 2.75) is 4.90 Å². The van der Waals surface area contributed by atoms with E-state index in [1.165, 1.54) is 12.1 Å². The van der Waals surface area contributed by atoms with Crippen molar-refractivity contribution in [1.82, 2.24) is 0 Å². The van der Waals surface area contributed by atoms with Crippen LogP contribution in [0.4, 0.5) is 0 Å². The summed E-state index contributed by atoms with van der Waals surface area (Å²) in [6.07, 6.45) is 0. The first-order valence-corrected chi connectivity index (χ1v) is 10.3. The van der Waals surface area contributed by atoms with Crippen molar-refractivity contribution in [2.75, 3.05) is 0 Å². The highest BCUT2D eigenvalue weighted by Crippen LogP contribution is 2.26. The van der Waals surface area contributed by atoms with Gasteiger partial charge >= 0.3 is 5.97 Å². The molecule has 2 aromatic carbocycles. The third-order valence-corrected chi connectivity index (χ3v) is 8.63. The van der Waals surface area contributed by atoms with Crippen LogP contribution in [0, 0.1) is 10.7 Å². The van der Waals surface area contributed by atoms with Gasteiger partial charge < -0.3 is 9.29 Å². The van der Waals surface area contributed by atoms with E-state index in [1.54, 1.807) is 6.07 Å². The second kappa shape index (κ2) is 7.27. The molecule has 0 aliphatic heterocycles. The summed E-state index contributed by atoms with van der Waals surface area (Å²) in [5.74, 6) is -0.377. The maximum Gasteiger partial charge on any atom is 0.344 e. The lowest BCUT2D eigenvalue weighted by atomic mass is 10.2. The van der Waals surface area contributed by atoms with E-state index in [9.17, 15) is 17.8 Å². The van der Waals surface area contributed by atoms with Crippen LogP contribution in [0.2, 0.25) is 0 Å². The molecule has 0 heterocycles. The second-order valence-electron chi connectivity index (χ2n) is 4.04. The number of esters is 1. The number of benzene rings is 2. The summed E-state index contributed by atoms with van der Waals surface area (Å²) in [5, 5.41) is 0. The summed E-state index contributed by atoms with van der Waals surface area (Å²) in [6, 6.07) is 8.24. The average Bonchev–Trinajstić information content (AvgIpc) is 2.44. The van der Waals surface area contributed by atoms with Crippen LogP contribution < -0.4 is 4.74 Å². The Kier molecular flexibility index (Phi) is 6.07. The summed E-state index contributed by atoms with van der Waals surface area (Å²) in [7, 11) is -4.51. The van der Waals surface area contributed by atoms with E-state index in [4.69, 9.17) is 4.74 Å². The molecule has 9 heteroatoms. The van der Waals surface area contributed by atoms with Crippen molar-refractivity contribution in [3.05, 3.63) is 52.7 Å². The van der Waals surface area contributed by atoms with Gasteiger partial charge in [0.1, 0.15) is 15.9 Å². The molecule has 0 spiro atoms. The first-order chi connectivity index (χ1) is 10.2. The lowest BCUT2D eigenvalue weighted by Crippen LogP contribution is -2.11. The number of hydrogen-bond acceptors (Lipinski definition) is 5. The fourth-order valence-corrected chi connectivity index (χ4v) is 4.12. The minimum absolute atomic E-state index is 0.168. The standard InChI is InChI=1S/C13H7I3O5S/c14-10-6-5-9(11(15)12(10)16)13(17)21-7-1-3-8(4-2-7)22(18,19)20/h1-6H,(H,18,19,20)/p-1. The molecular formula is C13H6I3O5S-. The van der Waals surface area contributed by atoms with Gasteiger partial charge in [0, 0.05) is 10.7 Å². The number of ether oxygens (including phenoxy) is 1.